The summed E-state index contributed by atoms with van der Waals surface area (Å²) in [5.74, 6) is -0.0139. The minimum Gasteiger partial charge on any atom is -0.481 e. The second-order valence-corrected chi connectivity index (χ2v) is 6.03. The Morgan fingerprint density at radius 1 is 0.794 bits per heavy atom. The van der Waals surface area contributed by atoms with Crippen molar-refractivity contribution < 1.29 is 38.3 Å². The fourth-order valence-corrected chi connectivity index (χ4v) is 2.24. The third kappa shape index (κ3) is 11.3. The second kappa shape index (κ2) is 14.5. The summed E-state index contributed by atoms with van der Waals surface area (Å²) >= 11 is 0. The fourth-order valence-electron chi connectivity index (χ4n) is 2.24. The van der Waals surface area contributed by atoms with Gasteiger partial charge in [0.15, 0.2) is 0 Å². The first kappa shape index (κ1) is 28.4. The summed E-state index contributed by atoms with van der Waals surface area (Å²) in [4.78, 5) is 12.2. The van der Waals surface area contributed by atoms with E-state index < -0.39 is 7.25 Å². The molecule has 1 aromatic carbocycles. The van der Waals surface area contributed by atoms with E-state index in [4.69, 9.17) is 11.1 Å². The van der Waals surface area contributed by atoms with Crippen LogP contribution in [0, 0.1) is 5.41 Å². The Labute approximate surface area is 207 Å². The van der Waals surface area contributed by atoms with Gasteiger partial charge in [0, 0.05) is 24.8 Å². The second-order valence-electron chi connectivity index (χ2n) is 6.03. The number of nitrogens with one attached hydrogen (secondary N) is 2. The van der Waals surface area contributed by atoms with E-state index in [-0.39, 0.29) is 32.9 Å². The van der Waals surface area contributed by atoms with Crippen LogP contribution >= 0.6 is 0 Å². The van der Waals surface area contributed by atoms with Gasteiger partial charge in [-0.05, 0) is 35.9 Å². The number of nitrogens with zero attached hydrogens (tertiary/aromatic N) is 5. The molecule has 0 saturated carbocycles. The molecule has 4 rings (SSSR count). The van der Waals surface area contributed by atoms with Gasteiger partial charge >= 0.3 is 28.3 Å². The van der Waals surface area contributed by atoms with Gasteiger partial charge in [-0.2, -0.15) is 5.10 Å². The molecule has 4 aromatic rings. The van der Waals surface area contributed by atoms with Crippen LogP contribution in [0.5, 0.6) is 0 Å². The van der Waals surface area contributed by atoms with E-state index in [1.165, 1.54) is 4.68 Å². The van der Waals surface area contributed by atoms with Crippen molar-refractivity contribution in [1.29, 1.82) is 5.41 Å². The third-order valence-electron chi connectivity index (χ3n) is 3.58. The molecule has 0 radical (unpaired) electrons. The summed E-state index contributed by atoms with van der Waals surface area (Å²) in [5.41, 5.74) is 10.2. The summed E-state index contributed by atoms with van der Waals surface area (Å²) in [5, 5.41) is 11.5. The molecule has 0 aliphatic rings. The monoisotopic (exact) mass is 650 g/mol. The first-order valence-corrected chi connectivity index (χ1v) is 9.38. The molecule has 3 heterocycles. The largest absolute Gasteiger partial charge is 2.00 e. The quantitative estimate of drug-likeness (QED) is 0.132. The maximum atomic E-state index is 9.75. The molecule has 0 aliphatic carbocycles. The van der Waals surface area contributed by atoms with Crippen molar-refractivity contribution in [3.63, 3.8) is 0 Å². The molecule has 34 heavy (non-hydrogen) atoms. The zero-order chi connectivity index (χ0) is 24.1. The van der Waals surface area contributed by atoms with Gasteiger partial charge < -0.3 is 28.0 Å². The molecule has 2 N–H and O–H groups in total. The predicted molar refractivity (Wildman–Crippen MR) is 120 cm³/mol. The number of hydrogen-bond donors (Lipinski definition) is 1. The molecule has 0 unspecified atom stereocenters. The van der Waals surface area contributed by atoms with Gasteiger partial charge in [0.05, 0.1) is 11.4 Å². The van der Waals surface area contributed by atoms with Crippen LogP contribution in [0.25, 0.3) is 17.1 Å². The number of benzene rings is 1. The van der Waals surface area contributed by atoms with Crippen molar-refractivity contribution in [2.45, 2.75) is 0 Å². The van der Waals surface area contributed by atoms with Gasteiger partial charge in [0.2, 0.25) is 0 Å². The number of hydrogen-bond acceptors (Lipinski definition) is 4. The van der Waals surface area contributed by atoms with Crippen LogP contribution in [0.3, 0.4) is 0 Å². The predicted octanol–water partition coefficient (Wildman–Crippen LogP) is 5.61. The number of amidine groups is 1. The summed E-state index contributed by atoms with van der Waals surface area (Å²) in [7, 11) is -6.00. The van der Waals surface area contributed by atoms with Crippen molar-refractivity contribution in [2.24, 2.45) is 4.99 Å². The van der Waals surface area contributed by atoms with E-state index in [2.05, 4.69) is 20.1 Å². The van der Waals surface area contributed by atoms with Crippen molar-refractivity contribution in [3.8, 4) is 11.4 Å². The number of rotatable bonds is 2. The zero-order valence-electron chi connectivity index (χ0n) is 17.4. The Hall–Kier alpha value is -3.66. The number of pyridine rings is 2. The molecule has 0 aliphatic heterocycles. The van der Waals surface area contributed by atoms with Gasteiger partial charge in [-0.1, -0.05) is 48.3 Å². The van der Waals surface area contributed by atoms with E-state index in [1.54, 1.807) is 43.0 Å². The van der Waals surface area contributed by atoms with Crippen molar-refractivity contribution in [3.05, 3.63) is 109 Å². The minimum absolute atomic E-state index is 0. The molecule has 0 spiro atoms. The topological polar surface area (TPSA) is 104 Å². The Kier molecular flexibility index (Phi) is 12.1. The normalized spacial score (nSPS) is 10.5. The minimum atomic E-state index is -6.00. The molecular formula is C21H18BF4N7Pt. The Morgan fingerprint density at radius 2 is 1.29 bits per heavy atom. The van der Waals surface area contributed by atoms with Crippen LogP contribution < -0.4 is 0 Å². The Balaban J connectivity index is 0.000000284. The van der Waals surface area contributed by atoms with E-state index in [0.29, 0.717) is 5.56 Å². The van der Waals surface area contributed by atoms with Crippen LogP contribution in [0.2, 0.25) is 0 Å². The zero-order valence-corrected chi connectivity index (χ0v) is 19.7. The average molecular weight is 650 g/mol. The van der Waals surface area contributed by atoms with E-state index in [0.717, 1.165) is 11.4 Å². The van der Waals surface area contributed by atoms with Crippen LogP contribution in [0.15, 0.2) is 103 Å². The SMILES string of the molecule is F[B-](F)(F)F.N=C(/N=C(\[NH-])c1ccccc1)n1cccn1.[Pt+2].c1ccc(-c2ccccn2)nc1. The molecular weight excluding hydrogens is 632 g/mol. The van der Waals surface area contributed by atoms with Crippen LogP contribution in [-0.2, 0) is 21.1 Å². The molecule has 0 amide bonds. The number of aromatic nitrogens is 4. The third-order valence-corrected chi connectivity index (χ3v) is 3.58. The molecule has 178 valence electrons. The molecule has 0 fully saturated rings. The molecule has 3 aromatic heterocycles. The Morgan fingerprint density at radius 3 is 1.71 bits per heavy atom. The maximum Gasteiger partial charge on any atom is 2.00 e. The van der Waals surface area contributed by atoms with Gasteiger partial charge in [-0.3, -0.25) is 15.4 Å². The van der Waals surface area contributed by atoms with Crippen molar-refractivity contribution >= 4 is 19.0 Å². The maximum absolute atomic E-state index is 9.75. The van der Waals surface area contributed by atoms with E-state index >= 15 is 0 Å². The summed E-state index contributed by atoms with van der Waals surface area (Å²) in [6.07, 6.45) is 6.72. The smallest absolute Gasteiger partial charge is 0.481 e. The van der Waals surface area contributed by atoms with Crippen LogP contribution in [0.1, 0.15) is 5.56 Å². The first-order valence-electron chi connectivity index (χ1n) is 9.38. The van der Waals surface area contributed by atoms with Crippen LogP contribution in [-0.4, -0.2) is 38.8 Å². The molecule has 0 atom stereocenters. The summed E-state index contributed by atoms with van der Waals surface area (Å²) in [6.45, 7) is 0. The van der Waals surface area contributed by atoms with Crippen LogP contribution in [0.4, 0.5) is 17.3 Å². The van der Waals surface area contributed by atoms with Gasteiger partial charge in [-0.15, -0.1) is 0 Å². The number of halogens is 4. The van der Waals surface area contributed by atoms with Gasteiger partial charge in [0.25, 0.3) is 0 Å². The molecule has 7 nitrogen and oxygen atoms in total. The molecule has 13 heteroatoms. The standard InChI is InChI=1S/C11H10N5.C10H8N2.BF4.Pt/c12-10(9-5-2-1-3-6-9)15-11(13)16-8-4-7-14-16;1-3-7-11-9(5-1)10-6-2-4-8-12-10;2-1(3,4)5;/h1-8H,(H2-,12,13,15);1-8H;;/q-1;;-1;+2. The summed E-state index contributed by atoms with van der Waals surface area (Å²) < 4.78 is 40.3. The summed E-state index contributed by atoms with van der Waals surface area (Å²) in [6, 6.07) is 22.4. The van der Waals surface area contributed by atoms with Crippen molar-refractivity contribution in [2.75, 3.05) is 0 Å². The Bertz CT molecular complexity index is 1080. The van der Waals surface area contributed by atoms with E-state index in [9.17, 15) is 17.3 Å². The van der Waals surface area contributed by atoms with Gasteiger partial charge in [0.1, 0.15) is 5.96 Å². The van der Waals surface area contributed by atoms with Gasteiger partial charge in [-0.25, -0.2) is 4.68 Å². The molecule has 0 bridgehead atoms. The van der Waals surface area contributed by atoms with E-state index in [1.807, 2.05) is 54.6 Å². The number of aliphatic imine (C=N–C) groups is 1. The first-order chi connectivity index (χ1) is 15.7. The molecule has 0 saturated heterocycles. The fraction of sp³-hybridized carbons (Fsp3) is 0. The average Bonchev–Trinajstić information content (AvgIpc) is 3.35. The van der Waals surface area contributed by atoms with Crippen molar-refractivity contribution in [1.82, 2.24) is 19.7 Å².